The van der Waals surface area contributed by atoms with Crippen molar-refractivity contribution in [3.8, 4) is 11.4 Å². The fourth-order valence-corrected chi connectivity index (χ4v) is 3.19. The molecular formula is C20H20FN5O2. The molecular weight excluding hydrogens is 361 g/mol. The molecule has 0 fully saturated rings. The number of carbonyl (C=O) groups excluding carboxylic acids is 1. The van der Waals surface area contributed by atoms with E-state index >= 15 is 0 Å². The average molecular weight is 381 g/mol. The summed E-state index contributed by atoms with van der Waals surface area (Å²) in [5, 5.41) is 11.0. The minimum absolute atomic E-state index is 0.119. The van der Waals surface area contributed by atoms with Crippen molar-refractivity contribution in [2.75, 3.05) is 6.61 Å². The second kappa shape index (κ2) is 7.77. The van der Waals surface area contributed by atoms with Gasteiger partial charge in [-0.05, 0) is 47.9 Å². The first-order valence-corrected chi connectivity index (χ1v) is 9.02. The number of hydrogen-bond acceptors (Lipinski definition) is 5. The summed E-state index contributed by atoms with van der Waals surface area (Å²) in [7, 11) is 0. The molecule has 1 aromatic heterocycles. The van der Waals surface area contributed by atoms with Crippen molar-refractivity contribution in [2.45, 2.75) is 19.5 Å². The molecule has 0 saturated carbocycles. The summed E-state index contributed by atoms with van der Waals surface area (Å²) in [5.41, 5.74) is 8.75. The highest BCUT2D eigenvalue weighted by atomic mass is 19.1. The second-order valence-corrected chi connectivity index (χ2v) is 6.71. The van der Waals surface area contributed by atoms with Crippen LogP contribution in [0.5, 0.6) is 5.75 Å². The molecule has 0 saturated heterocycles. The first-order chi connectivity index (χ1) is 13.6. The van der Waals surface area contributed by atoms with E-state index in [9.17, 15) is 9.18 Å². The number of ether oxygens (including phenoxy) is 1. The molecule has 1 aliphatic heterocycles. The number of halogens is 1. The molecule has 28 heavy (non-hydrogen) atoms. The Morgan fingerprint density at radius 2 is 2.21 bits per heavy atom. The lowest BCUT2D eigenvalue weighted by Gasteiger charge is -2.24. The Balaban J connectivity index is 1.39. The highest BCUT2D eigenvalue weighted by Gasteiger charge is 2.26. The third-order valence-electron chi connectivity index (χ3n) is 4.69. The SMILES string of the molecule is NCc1cn(-c2cccc(CNC(=O)C3COc4ccc(F)cc4C3)c2)nn1. The number of rotatable bonds is 5. The molecule has 0 aliphatic carbocycles. The maximum Gasteiger partial charge on any atom is 0.227 e. The van der Waals surface area contributed by atoms with Gasteiger partial charge in [-0.25, -0.2) is 9.07 Å². The van der Waals surface area contributed by atoms with Gasteiger partial charge >= 0.3 is 0 Å². The Labute approximate surface area is 161 Å². The second-order valence-electron chi connectivity index (χ2n) is 6.71. The first-order valence-electron chi connectivity index (χ1n) is 9.02. The Hall–Kier alpha value is -3.26. The van der Waals surface area contributed by atoms with E-state index in [2.05, 4.69) is 15.6 Å². The van der Waals surface area contributed by atoms with Gasteiger partial charge in [-0.2, -0.15) is 0 Å². The molecule has 2 aromatic carbocycles. The van der Waals surface area contributed by atoms with Crippen molar-refractivity contribution in [2.24, 2.45) is 11.7 Å². The topological polar surface area (TPSA) is 95.1 Å². The summed E-state index contributed by atoms with van der Waals surface area (Å²) in [6, 6.07) is 12.0. The van der Waals surface area contributed by atoms with Crippen LogP contribution in [0.2, 0.25) is 0 Å². The zero-order chi connectivity index (χ0) is 19.5. The van der Waals surface area contributed by atoms with Crippen molar-refractivity contribution in [1.82, 2.24) is 20.3 Å². The minimum atomic E-state index is -0.347. The number of fused-ring (bicyclic) bond motifs is 1. The average Bonchev–Trinajstić information content (AvgIpc) is 3.21. The van der Waals surface area contributed by atoms with Gasteiger partial charge in [0.1, 0.15) is 18.2 Å². The molecule has 1 unspecified atom stereocenters. The van der Waals surface area contributed by atoms with Gasteiger partial charge in [-0.15, -0.1) is 5.10 Å². The first kappa shape index (κ1) is 18.1. The van der Waals surface area contributed by atoms with Crippen molar-refractivity contribution in [3.05, 3.63) is 71.3 Å². The van der Waals surface area contributed by atoms with Crippen LogP contribution >= 0.6 is 0 Å². The van der Waals surface area contributed by atoms with E-state index in [0.717, 1.165) is 16.8 Å². The zero-order valence-electron chi connectivity index (χ0n) is 15.1. The lowest BCUT2D eigenvalue weighted by atomic mass is 9.96. The summed E-state index contributed by atoms with van der Waals surface area (Å²) in [6.45, 7) is 0.981. The van der Waals surface area contributed by atoms with Gasteiger partial charge in [0.15, 0.2) is 0 Å². The van der Waals surface area contributed by atoms with Crippen LogP contribution in [0.1, 0.15) is 16.8 Å². The number of nitrogens with zero attached hydrogens (tertiary/aromatic N) is 3. The fraction of sp³-hybridized carbons (Fsp3) is 0.250. The molecule has 1 aliphatic rings. The third-order valence-corrected chi connectivity index (χ3v) is 4.69. The number of amides is 1. The summed E-state index contributed by atoms with van der Waals surface area (Å²) in [6.07, 6.45) is 2.23. The summed E-state index contributed by atoms with van der Waals surface area (Å²) in [5.74, 6) is -0.152. The smallest absolute Gasteiger partial charge is 0.227 e. The molecule has 3 aromatic rings. The predicted octanol–water partition coefficient (Wildman–Crippen LogP) is 1.73. The van der Waals surface area contributed by atoms with Gasteiger partial charge in [0.2, 0.25) is 5.91 Å². The lowest BCUT2D eigenvalue weighted by Crippen LogP contribution is -2.37. The van der Waals surface area contributed by atoms with Gasteiger partial charge in [0, 0.05) is 13.1 Å². The van der Waals surface area contributed by atoms with Crippen LogP contribution in [0.25, 0.3) is 5.69 Å². The highest BCUT2D eigenvalue weighted by Crippen LogP contribution is 2.28. The molecule has 3 N–H and O–H groups in total. The van der Waals surface area contributed by atoms with E-state index in [1.165, 1.54) is 12.1 Å². The number of nitrogens with two attached hydrogens (primary N) is 1. The van der Waals surface area contributed by atoms with Crippen LogP contribution in [0.15, 0.2) is 48.7 Å². The van der Waals surface area contributed by atoms with Gasteiger partial charge in [-0.1, -0.05) is 17.3 Å². The molecule has 0 radical (unpaired) electrons. The molecule has 8 heteroatoms. The maximum atomic E-state index is 13.4. The molecule has 2 heterocycles. The van der Waals surface area contributed by atoms with E-state index in [0.29, 0.717) is 31.0 Å². The van der Waals surface area contributed by atoms with E-state index in [4.69, 9.17) is 10.5 Å². The summed E-state index contributed by atoms with van der Waals surface area (Å²) in [4.78, 5) is 12.5. The van der Waals surface area contributed by atoms with Gasteiger partial charge in [0.25, 0.3) is 0 Å². The lowest BCUT2D eigenvalue weighted by molar-refractivity contribution is -0.126. The van der Waals surface area contributed by atoms with Crippen LogP contribution < -0.4 is 15.8 Å². The van der Waals surface area contributed by atoms with Crippen molar-refractivity contribution >= 4 is 5.91 Å². The number of nitrogens with one attached hydrogen (secondary N) is 1. The Morgan fingerprint density at radius 1 is 1.32 bits per heavy atom. The number of benzene rings is 2. The summed E-state index contributed by atoms with van der Waals surface area (Å²) >= 11 is 0. The molecule has 0 bridgehead atoms. The minimum Gasteiger partial charge on any atom is -0.492 e. The molecule has 4 rings (SSSR count). The standard InChI is InChI=1S/C20H20FN5O2/c21-16-4-5-19-14(8-16)7-15(12-28-19)20(27)23-10-13-2-1-3-18(6-13)26-11-17(9-22)24-25-26/h1-6,8,11,15H,7,9-10,12,22H2,(H,23,27). The molecule has 1 atom stereocenters. The monoisotopic (exact) mass is 381 g/mol. The van der Waals surface area contributed by atoms with Crippen LogP contribution in [-0.2, 0) is 24.3 Å². The van der Waals surface area contributed by atoms with Crippen LogP contribution in [0, 0.1) is 11.7 Å². The Bertz CT molecular complexity index is 1000. The summed E-state index contributed by atoms with van der Waals surface area (Å²) < 4.78 is 20.7. The molecule has 0 spiro atoms. The number of aromatic nitrogens is 3. The van der Waals surface area contributed by atoms with E-state index in [1.807, 2.05) is 24.3 Å². The normalized spacial score (nSPS) is 15.6. The van der Waals surface area contributed by atoms with Gasteiger partial charge in [-0.3, -0.25) is 4.79 Å². The van der Waals surface area contributed by atoms with Gasteiger partial charge in [0.05, 0.1) is 23.5 Å². The van der Waals surface area contributed by atoms with Crippen molar-refractivity contribution in [1.29, 1.82) is 0 Å². The molecule has 1 amide bonds. The van der Waals surface area contributed by atoms with Crippen LogP contribution in [0.3, 0.4) is 0 Å². The maximum absolute atomic E-state index is 13.4. The van der Waals surface area contributed by atoms with Crippen molar-refractivity contribution in [3.63, 3.8) is 0 Å². The molecule has 144 valence electrons. The number of hydrogen-bond donors (Lipinski definition) is 2. The van der Waals surface area contributed by atoms with E-state index in [1.54, 1.807) is 16.9 Å². The predicted molar refractivity (Wildman–Crippen MR) is 100 cm³/mol. The quantitative estimate of drug-likeness (QED) is 0.702. The molecule has 7 nitrogen and oxygen atoms in total. The number of carbonyl (C=O) groups is 1. The Morgan fingerprint density at radius 3 is 3.04 bits per heavy atom. The van der Waals surface area contributed by atoms with Gasteiger partial charge < -0.3 is 15.8 Å². The van der Waals surface area contributed by atoms with E-state index in [-0.39, 0.29) is 24.2 Å². The van der Waals surface area contributed by atoms with Crippen LogP contribution in [0.4, 0.5) is 4.39 Å². The largest absolute Gasteiger partial charge is 0.492 e. The third kappa shape index (κ3) is 3.86. The van der Waals surface area contributed by atoms with E-state index < -0.39 is 0 Å². The Kier molecular flexibility index (Phi) is 5.03. The fourth-order valence-electron chi connectivity index (χ4n) is 3.19. The zero-order valence-corrected chi connectivity index (χ0v) is 15.1. The highest BCUT2D eigenvalue weighted by molar-refractivity contribution is 5.79. The van der Waals surface area contributed by atoms with Crippen molar-refractivity contribution < 1.29 is 13.9 Å². The van der Waals surface area contributed by atoms with Crippen LogP contribution in [-0.4, -0.2) is 27.5 Å².